The highest BCUT2D eigenvalue weighted by atomic mass is 35.5. The second-order valence-corrected chi connectivity index (χ2v) is 6.46. The average Bonchev–Trinajstić information content (AvgIpc) is 2.67. The molecular weight excluding hydrogens is 366 g/mol. The number of nitrogens with zero attached hydrogens (tertiary/aromatic N) is 2. The maximum Gasteiger partial charge on any atom is 0.254 e. The van der Waals surface area contributed by atoms with Crippen LogP contribution in [0, 0.1) is 0 Å². The van der Waals surface area contributed by atoms with Crippen molar-refractivity contribution in [2.45, 2.75) is 12.5 Å². The molecule has 27 heavy (non-hydrogen) atoms. The third-order valence-corrected chi connectivity index (χ3v) is 4.59. The lowest BCUT2D eigenvalue weighted by atomic mass is 10.1. The van der Waals surface area contributed by atoms with E-state index in [-0.39, 0.29) is 30.0 Å². The predicted octanol–water partition coefficient (Wildman–Crippen LogP) is 1.67. The first-order chi connectivity index (χ1) is 12.5. The van der Waals surface area contributed by atoms with Crippen LogP contribution in [0.2, 0.25) is 0 Å². The number of hydrogen-bond acceptors (Lipinski definition) is 4. The van der Waals surface area contributed by atoms with Gasteiger partial charge < -0.3 is 20.6 Å². The van der Waals surface area contributed by atoms with Crippen LogP contribution in [-0.4, -0.2) is 58.9 Å². The third-order valence-electron chi connectivity index (χ3n) is 4.59. The minimum atomic E-state index is -0.578. The zero-order valence-electron chi connectivity index (χ0n) is 15.0. The molecule has 6 nitrogen and oxygen atoms in total. The van der Waals surface area contributed by atoms with E-state index in [9.17, 15) is 14.7 Å². The number of carbonyl (C=O) groups excluding carboxylic acids is 2. The molecule has 1 aliphatic rings. The summed E-state index contributed by atoms with van der Waals surface area (Å²) in [5.74, 6) is -0.156. The van der Waals surface area contributed by atoms with E-state index >= 15 is 0 Å². The van der Waals surface area contributed by atoms with Gasteiger partial charge in [-0.05, 0) is 30.2 Å². The van der Waals surface area contributed by atoms with Crippen molar-refractivity contribution in [3.8, 4) is 5.75 Å². The number of phenolic OH excluding ortho intramolecular Hbond substituents is 1. The number of piperazine rings is 1. The van der Waals surface area contributed by atoms with Crippen LogP contribution >= 0.6 is 12.4 Å². The largest absolute Gasteiger partial charge is 0.508 e. The second kappa shape index (κ2) is 9.39. The van der Waals surface area contributed by atoms with E-state index in [1.807, 2.05) is 30.3 Å². The van der Waals surface area contributed by atoms with Crippen LogP contribution < -0.4 is 5.73 Å². The standard InChI is InChI=1S/C20H23N3O3.ClH/c21-18(13-15-5-2-1-3-6-15)20(26)23-11-9-22(10-12-23)19(25)16-7-4-8-17(24)14-16;/h1-8,14,18,24H,9-13,21H2;1H/t18-;/m0./s1. The predicted molar refractivity (Wildman–Crippen MR) is 106 cm³/mol. The summed E-state index contributed by atoms with van der Waals surface area (Å²) in [6.45, 7) is 1.84. The summed E-state index contributed by atoms with van der Waals surface area (Å²) in [6, 6.07) is 15.4. The molecule has 3 N–H and O–H groups in total. The van der Waals surface area contributed by atoms with Gasteiger partial charge in [0.05, 0.1) is 6.04 Å². The SMILES string of the molecule is Cl.N[C@@H](Cc1ccccc1)C(=O)N1CCN(C(=O)c2cccc(O)c2)CC1. The normalized spacial score (nSPS) is 15.0. The Bertz CT molecular complexity index is 777. The maximum absolute atomic E-state index is 12.6. The topological polar surface area (TPSA) is 86.9 Å². The number of aromatic hydroxyl groups is 1. The molecule has 1 aliphatic heterocycles. The van der Waals surface area contributed by atoms with Crippen LogP contribution in [0.1, 0.15) is 15.9 Å². The van der Waals surface area contributed by atoms with Crippen molar-refractivity contribution in [3.63, 3.8) is 0 Å². The molecule has 2 amide bonds. The first-order valence-electron chi connectivity index (χ1n) is 8.71. The van der Waals surface area contributed by atoms with E-state index in [4.69, 9.17) is 5.73 Å². The van der Waals surface area contributed by atoms with Crippen molar-refractivity contribution in [1.29, 1.82) is 0 Å². The van der Waals surface area contributed by atoms with E-state index in [1.54, 1.807) is 21.9 Å². The van der Waals surface area contributed by atoms with Gasteiger partial charge in [0.25, 0.3) is 5.91 Å². The molecule has 1 saturated heterocycles. The Morgan fingerprint density at radius 1 is 0.963 bits per heavy atom. The minimum absolute atomic E-state index is 0. The highest BCUT2D eigenvalue weighted by molar-refractivity contribution is 5.94. The Labute approximate surface area is 165 Å². The van der Waals surface area contributed by atoms with Gasteiger partial charge in [-0.1, -0.05) is 36.4 Å². The monoisotopic (exact) mass is 389 g/mol. The van der Waals surface area contributed by atoms with Crippen molar-refractivity contribution in [3.05, 3.63) is 65.7 Å². The molecule has 2 aromatic rings. The van der Waals surface area contributed by atoms with Gasteiger partial charge in [-0.3, -0.25) is 9.59 Å². The number of phenols is 1. The maximum atomic E-state index is 12.6. The first kappa shape index (κ1) is 20.7. The van der Waals surface area contributed by atoms with Gasteiger partial charge in [0.15, 0.2) is 0 Å². The van der Waals surface area contributed by atoms with E-state index in [2.05, 4.69) is 0 Å². The molecule has 0 unspecified atom stereocenters. The molecule has 7 heteroatoms. The lowest BCUT2D eigenvalue weighted by Crippen LogP contribution is -2.54. The minimum Gasteiger partial charge on any atom is -0.508 e. The van der Waals surface area contributed by atoms with Crippen LogP contribution in [0.5, 0.6) is 5.75 Å². The Morgan fingerprint density at radius 2 is 1.59 bits per heavy atom. The molecule has 1 atom stereocenters. The summed E-state index contributed by atoms with van der Waals surface area (Å²) in [5, 5.41) is 9.52. The molecule has 1 fully saturated rings. The Hall–Kier alpha value is -2.57. The average molecular weight is 390 g/mol. The van der Waals surface area contributed by atoms with Crippen molar-refractivity contribution in [2.75, 3.05) is 26.2 Å². The number of halogens is 1. The fourth-order valence-corrected chi connectivity index (χ4v) is 3.14. The zero-order chi connectivity index (χ0) is 18.5. The molecule has 0 aliphatic carbocycles. The Kier molecular flexibility index (Phi) is 7.21. The molecular formula is C20H24ClN3O3. The first-order valence-corrected chi connectivity index (χ1v) is 8.71. The zero-order valence-corrected chi connectivity index (χ0v) is 15.8. The van der Waals surface area contributed by atoms with Gasteiger partial charge >= 0.3 is 0 Å². The van der Waals surface area contributed by atoms with Crippen LogP contribution in [0.4, 0.5) is 0 Å². The molecule has 0 radical (unpaired) electrons. The van der Waals surface area contributed by atoms with Crippen molar-refractivity contribution in [2.24, 2.45) is 5.73 Å². The van der Waals surface area contributed by atoms with Crippen LogP contribution in [-0.2, 0) is 11.2 Å². The summed E-state index contributed by atoms with van der Waals surface area (Å²) in [6.07, 6.45) is 0.502. The molecule has 0 aromatic heterocycles. The molecule has 3 rings (SSSR count). The molecule has 1 heterocycles. The summed E-state index contributed by atoms with van der Waals surface area (Å²) < 4.78 is 0. The summed E-state index contributed by atoms with van der Waals surface area (Å²) in [5.41, 5.74) is 7.57. The molecule has 144 valence electrons. The number of amides is 2. The quantitative estimate of drug-likeness (QED) is 0.832. The van der Waals surface area contributed by atoms with Gasteiger partial charge in [0.1, 0.15) is 5.75 Å². The van der Waals surface area contributed by atoms with Crippen LogP contribution in [0.15, 0.2) is 54.6 Å². The summed E-state index contributed by atoms with van der Waals surface area (Å²) >= 11 is 0. The molecule has 0 saturated carbocycles. The summed E-state index contributed by atoms with van der Waals surface area (Å²) in [4.78, 5) is 28.5. The van der Waals surface area contributed by atoms with Gasteiger partial charge in [-0.25, -0.2) is 0 Å². The van der Waals surface area contributed by atoms with Crippen LogP contribution in [0.25, 0.3) is 0 Å². The van der Waals surface area contributed by atoms with E-state index in [1.165, 1.54) is 12.1 Å². The van der Waals surface area contributed by atoms with Crippen molar-refractivity contribution < 1.29 is 14.7 Å². The number of hydrogen-bond donors (Lipinski definition) is 2. The summed E-state index contributed by atoms with van der Waals surface area (Å²) in [7, 11) is 0. The fourth-order valence-electron chi connectivity index (χ4n) is 3.14. The molecule has 0 bridgehead atoms. The molecule has 2 aromatic carbocycles. The van der Waals surface area contributed by atoms with Crippen LogP contribution in [0.3, 0.4) is 0 Å². The van der Waals surface area contributed by atoms with Gasteiger partial charge in [-0.15, -0.1) is 12.4 Å². The number of carbonyl (C=O) groups is 2. The number of nitrogens with two attached hydrogens (primary N) is 1. The van der Waals surface area contributed by atoms with Gasteiger partial charge in [-0.2, -0.15) is 0 Å². The van der Waals surface area contributed by atoms with E-state index < -0.39 is 6.04 Å². The van der Waals surface area contributed by atoms with Crippen molar-refractivity contribution >= 4 is 24.2 Å². The lowest BCUT2D eigenvalue weighted by molar-refractivity contribution is -0.134. The van der Waals surface area contributed by atoms with Crippen molar-refractivity contribution in [1.82, 2.24) is 9.80 Å². The Balaban J connectivity index is 0.00000261. The highest BCUT2D eigenvalue weighted by Crippen LogP contribution is 2.15. The number of rotatable bonds is 4. The fraction of sp³-hybridized carbons (Fsp3) is 0.300. The van der Waals surface area contributed by atoms with E-state index in [0.717, 1.165) is 5.56 Å². The van der Waals surface area contributed by atoms with Gasteiger partial charge in [0.2, 0.25) is 5.91 Å². The smallest absolute Gasteiger partial charge is 0.254 e. The third kappa shape index (κ3) is 5.21. The lowest BCUT2D eigenvalue weighted by Gasteiger charge is -2.36. The van der Waals surface area contributed by atoms with Gasteiger partial charge in [0, 0.05) is 31.7 Å². The molecule has 0 spiro atoms. The Morgan fingerprint density at radius 3 is 2.22 bits per heavy atom. The second-order valence-electron chi connectivity index (χ2n) is 6.46. The van der Waals surface area contributed by atoms with E-state index in [0.29, 0.717) is 38.2 Å². The number of benzene rings is 2. The highest BCUT2D eigenvalue weighted by Gasteiger charge is 2.27.